The smallest absolute Gasteiger partial charge is 0.0424 e. The Labute approximate surface area is 119 Å². The number of nitrogens with zero attached hydrogens (tertiary/aromatic N) is 1. The van der Waals surface area contributed by atoms with Gasteiger partial charge in [-0.1, -0.05) is 23.2 Å². The Bertz CT molecular complexity index is 375. The summed E-state index contributed by atoms with van der Waals surface area (Å²) in [7, 11) is 2.20. The molecular weight excluding hydrogens is 267 g/mol. The maximum absolute atomic E-state index is 5.98. The van der Waals surface area contributed by atoms with E-state index in [4.69, 9.17) is 23.2 Å². The van der Waals surface area contributed by atoms with E-state index in [1.807, 2.05) is 12.1 Å². The third-order valence-electron chi connectivity index (χ3n) is 3.41. The van der Waals surface area contributed by atoms with Crippen molar-refractivity contribution in [1.29, 1.82) is 0 Å². The van der Waals surface area contributed by atoms with E-state index in [0.717, 1.165) is 24.6 Å². The van der Waals surface area contributed by atoms with Crippen LogP contribution in [0.15, 0.2) is 18.2 Å². The molecule has 1 aliphatic rings. The molecule has 0 aromatic heterocycles. The molecule has 0 amide bonds. The summed E-state index contributed by atoms with van der Waals surface area (Å²) in [5, 5.41) is 4.91. The van der Waals surface area contributed by atoms with E-state index < -0.39 is 0 Å². The lowest BCUT2D eigenvalue weighted by atomic mass is 9.98. The first-order chi connectivity index (χ1) is 8.63. The van der Waals surface area contributed by atoms with Gasteiger partial charge in [0.15, 0.2) is 0 Å². The molecule has 1 aromatic carbocycles. The van der Waals surface area contributed by atoms with Gasteiger partial charge in [0, 0.05) is 23.1 Å². The van der Waals surface area contributed by atoms with Crippen LogP contribution in [-0.2, 0) is 6.54 Å². The van der Waals surface area contributed by atoms with E-state index in [1.54, 1.807) is 6.07 Å². The van der Waals surface area contributed by atoms with Crippen molar-refractivity contribution < 1.29 is 0 Å². The minimum absolute atomic E-state index is 0.705. The van der Waals surface area contributed by atoms with Gasteiger partial charge in [-0.25, -0.2) is 0 Å². The molecule has 2 rings (SSSR count). The van der Waals surface area contributed by atoms with Crippen LogP contribution in [0.3, 0.4) is 0 Å². The monoisotopic (exact) mass is 286 g/mol. The van der Waals surface area contributed by atoms with Gasteiger partial charge in [0.2, 0.25) is 0 Å². The van der Waals surface area contributed by atoms with Crippen LogP contribution in [-0.4, -0.2) is 31.6 Å². The fourth-order valence-corrected chi connectivity index (χ4v) is 3.14. The fourth-order valence-electron chi connectivity index (χ4n) is 2.57. The van der Waals surface area contributed by atoms with Gasteiger partial charge >= 0.3 is 0 Å². The molecule has 1 N–H and O–H groups in total. The molecule has 1 aromatic rings. The molecule has 0 aliphatic carbocycles. The Morgan fingerprint density at radius 1 is 1.28 bits per heavy atom. The molecule has 1 saturated heterocycles. The number of piperidine rings is 1. The van der Waals surface area contributed by atoms with Crippen molar-refractivity contribution in [3.8, 4) is 0 Å². The molecule has 1 unspecified atom stereocenters. The van der Waals surface area contributed by atoms with Crippen LogP contribution in [0.25, 0.3) is 0 Å². The summed E-state index contributed by atoms with van der Waals surface area (Å²) in [5.41, 5.74) is 1.15. The number of nitrogens with one attached hydrogen (secondary N) is 1. The summed E-state index contributed by atoms with van der Waals surface area (Å²) in [6.07, 6.45) is 2.64. The van der Waals surface area contributed by atoms with Crippen LogP contribution < -0.4 is 5.32 Å². The molecule has 0 bridgehead atoms. The molecule has 0 saturated carbocycles. The van der Waals surface area contributed by atoms with E-state index in [1.165, 1.54) is 25.9 Å². The summed E-state index contributed by atoms with van der Waals surface area (Å²) in [6, 6.07) is 5.70. The zero-order valence-electron chi connectivity index (χ0n) is 10.8. The van der Waals surface area contributed by atoms with E-state index in [2.05, 4.69) is 17.3 Å². The highest BCUT2D eigenvalue weighted by molar-refractivity contribution is 6.34. The lowest BCUT2D eigenvalue weighted by molar-refractivity contribution is 0.206. The Morgan fingerprint density at radius 3 is 2.67 bits per heavy atom. The molecule has 1 atom stereocenters. The minimum atomic E-state index is 0.705. The number of benzene rings is 1. The van der Waals surface area contributed by atoms with Crippen molar-refractivity contribution in [2.75, 3.05) is 26.7 Å². The first-order valence-corrected chi connectivity index (χ1v) is 7.23. The summed E-state index contributed by atoms with van der Waals surface area (Å²) >= 11 is 12.0. The highest BCUT2D eigenvalue weighted by atomic mass is 35.5. The van der Waals surface area contributed by atoms with Crippen LogP contribution in [0.1, 0.15) is 18.4 Å². The van der Waals surface area contributed by atoms with Gasteiger partial charge in [-0.15, -0.1) is 0 Å². The first kappa shape index (κ1) is 14.1. The molecule has 1 fully saturated rings. The topological polar surface area (TPSA) is 15.3 Å². The lowest BCUT2D eigenvalue weighted by Gasteiger charge is -2.29. The minimum Gasteiger partial charge on any atom is -0.312 e. The van der Waals surface area contributed by atoms with Gasteiger partial charge < -0.3 is 10.2 Å². The second kappa shape index (κ2) is 6.76. The van der Waals surface area contributed by atoms with E-state index in [0.29, 0.717) is 10.0 Å². The van der Waals surface area contributed by atoms with E-state index in [9.17, 15) is 0 Å². The van der Waals surface area contributed by atoms with Gasteiger partial charge in [0.1, 0.15) is 0 Å². The zero-order chi connectivity index (χ0) is 13.0. The van der Waals surface area contributed by atoms with Crippen molar-refractivity contribution in [1.82, 2.24) is 10.2 Å². The van der Waals surface area contributed by atoms with Crippen molar-refractivity contribution in [2.24, 2.45) is 5.92 Å². The van der Waals surface area contributed by atoms with E-state index in [-0.39, 0.29) is 0 Å². The standard InChI is InChI=1S/C14H20Cl2N2/c1-18-4-2-3-11(10-18)8-17-9-12-5-13(15)7-14(16)6-12/h5-7,11,17H,2-4,8-10H2,1H3. The quantitative estimate of drug-likeness (QED) is 0.912. The molecule has 100 valence electrons. The highest BCUT2D eigenvalue weighted by Crippen LogP contribution is 2.19. The third-order valence-corrected chi connectivity index (χ3v) is 3.84. The second-order valence-corrected chi connectivity index (χ2v) is 6.05. The summed E-state index contributed by atoms with van der Waals surface area (Å²) < 4.78 is 0. The van der Waals surface area contributed by atoms with Gasteiger partial charge in [0.05, 0.1) is 0 Å². The van der Waals surface area contributed by atoms with Crippen LogP contribution in [0, 0.1) is 5.92 Å². The average molecular weight is 287 g/mol. The Balaban J connectivity index is 1.77. The van der Waals surface area contributed by atoms with Crippen molar-refractivity contribution in [3.05, 3.63) is 33.8 Å². The number of hydrogen-bond donors (Lipinski definition) is 1. The molecular formula is C14H20Cl2N2. The fraction of sp³-hybridized carbons (Fsp3) is 0.571. The van der Waals surface area contributed by atoms with Crippen molar-refractivity contribution in [3.63, 3.8) is 0 Å². The summed E-state index contributed by atoms with van der Waals surface area (Å²) in [5.74, 6) is 0.762. The van der Waals surface area contributed by atoms with E-state index >= 15 is 0 Å². The van der Waals surface area contributed by atoms with Crippen molar-refractivity contribution in [2.45, 2.75) is 19.4 Å². The average Bonchev–Trinajstić information content (AvgIpc) is 2.27. The largest absolute Gasteiger partial charge is 0.312 e. The first-order valence-electron chi connectivity index (χ1n) is 6.48. The normalized spacial score (nSPS) is 21.2. The highest BCUT2D eigenvalue weighted by Gasteiger charge is 2.16. The number of likely N-dealkylation sites (tertiary alicyclic amines) is 1. The van der Waals surface area contributed by atoms with Crippen LogP contribution >= 0.6 is 23.2 Å². The van der Waals surface area contributed by atoms with Crippen LogP contribution in [0.5, 0.6) is 0 Å². The predicted molar refractivity (Wildman–Crippen MR) is 78.4 cm³/mol. The predicted octanol–water partition coefficient (Wildman–Crippen LogP) is 3.42. The molecule has 0 spiro atoms. The zero-order valence-corrected chi connectivity index (χ0v) is 12.3. The van der Waals surface area contributed by atoms with Crippen LogP contribution in [0.4, 0.5) is 0 Å². The molecule has 4 heteroatoms. The Kier molecular flexibility index (Phi) is 5.31. The molecule has 1 heterocycles. The number of rotatable bonds is 4. The lowest BCUT2D eigenvalue weighted by Crippen LogP contribution is -2.37. The molecule has 18 heavy (non-hydrogen) atoms. The van der Waals surface area contributed by atoms with Gasteiger partial charge in [-0.05, 0) is 62.7 Å². The van der Waals surface area contributed by atoms with Crippen molar-refractivity contribution >= 4 is 23.2 Å². The molecule has 0 radical (unpaired) electrons. The van der Waals surface area contributed by atoms with Gasteiger partial charge in [0.25, 0.3) is 0 Å². The SMILES string of the molecule is CN1CCCC(CNCc2cc(Cl)cc(Cl)c2)C1. The molecule has 1 aliphatic heterocycles. The molecule has 2 nitrogen and oxygen atoms in total. The van der Waals surface area contributed by atoms with Crippen LogP contribution in [0.2, 0.25) is 10.0 Å². The summed E-state index contributed by atoms with van der Waals surface area (Å²) in [4.78, 5) is 2.41. The third kappa shape index (κ3) is 4.43. The Hall–Kier alpha value is -0.280. The maximum Gasteiger partial charge on any atom is 0.0424 e. The number of halogens is 2. The van der Waals surface area contributed by atoms with Gasteiger partial charge in [-0.2, -0.15) is 0 Å². The second-order valence-electron chi connectivity index (χ2n) is 5.18. The summed E-state index contributed by atoms with van der Waals surface area (Å²) in [6.45, 7) is 4.33. The maximum atomic E-state index is 5.98. The van der Waals surface area contributed by atoms with Gasteiger partial charge in [-0.3, -0.25) is 0 Å². The Morgan fingerprint density at radius 2 is 2.00 bits per heavy atom. The number of hydrogen-bond acceptors (Lipinski definition) is 2.